The smallest absolute Gasteiger partial charge is 0.254 e. The van der Waals surface area contributed by atoms with Crippen molar-refractivity contribution in [2.45, 2.75) is 52.5 Å². The number of amides is 2. The van der Waals surface area contributed by atoms with E-state index in [1.54, 1.807) is 11.3 Å². The maximum Gasteiger partial charge on any atom is 0.254 e. The average Bonchev–Trinajstić information content (AvgIpc) is 3.32. The molecule has 1 N–H and O–H groups in total. The van der Waals surface area contributed by atoms with Gasteiger partial charge in [-0.05, 0) is 60.2 Å². The second kappa shape index (κ2) is 11.0. The van der Waals surface area contributed by atoms with Gasteiger partial charge in [0, 0.05) is 36.6 Å². The molecule has 3 heterocycles. The third-order valence-corrected chi connectivity index (χ3v) is 7.96. The molecule has 0 unspecified atom stereocenters. The number of piperidine rings is 1. The maximum atomic E-state index is 13.7. The van der Waals surface area contributed by atoms with E-state index in [1.807, 2.05) is 40.6 Å². The monoisotopic (exact) mass is 481 g/mol. The zero-order chi connectivity index (χ0) is 24.2. The van der Waals surface area contributed by atoms with Crippen molar-refractivity contribution in [3.05, 3.63) is 57.8 Å². The average molecular weight is 482 g/mol. The zero-order valence-corrected chi connectivity index (χ0v) is 21.8. The van der Waals surface area contributed by atoms with E-state index >= 15 is 0 Å². The molecule has 1 saturated heterocycles. The number of hydrogen-bond donors (Lipinski definition) is 1. The van der Waals surface area contributed by atoms with Crippen molar-refractivity contribution in [2.75, 3.05) is 32.7 Å². The quantitative estimate of drug-likeness (QED) is 0.529. The fourth-order valence-corrected chi connectivity index (χ4v) is 6.72. The molecule has 34 heavy (non-hydrogen) atoms. The lowest BCUT2D eigenvalue weighted by Gasteiger charge is -2.42. The molecule has 6 heteroatoms. The highest BCUT2D eigenvalue weighted by Gasteiger charge is 2.44. The van der Waals surface area contributed by atoms with E-state index in [4.69, 9.17) is 0 Å². The van der Waals surface area contributed by atoms with Crippen molar-refractivity contribution in [1.29, 1.82) is 0 Å². The van der Waals surface area contributed by atoms with Gasteiger partial charge in [0.15, 0.2) is 0 Å². The molecule has 4 atom stereocenters. The molecule has 184 valence electrons. The van der Waals surface area contributed by atoms with Crippen LogP contribution in [0, 0.1) is 17.8 Å². The summed E-state index contributed by atoms with van der Waals surface area (Å²) in [5, 5.41) is 5.27. The number of fused-ring (bicyclic) bond motifs is 1. The number of thiophene rings is 1. The second-order valence-electron chi connectivity index (χ2n) is 10.7. The van der Waals surface area contributed by atoms with E-state index in [1.165, 1.54) is 6.42 Å². The molecule has 1 aromatic carbocycles. The van der Waals surface area contributed by atoms with Gasteiger partial charge < -0.3 is 15.1 Å². The van der Waals surface area contributed by atoms with Crippen LogP contribution in [0.1, 0.15) is 73.3 Å². The van der Waals surface area contributed by atoms with Gasteiger partial charge in [-0.1, -0.05) is 52.0 Å². The minimum absolute atomic E-state index is 0.0208. The highest BCUT2D eigenvalue weighted by molar-refractivity contribution is 7.10. The van der Waals surface area contributed by atoms with Crippen molar-refractivity contribution in [1.82, 2.24) is 15.1 Å². The standard InChI is InChI=1S/C28H39N3O2S/c1-19(2)16-31-26(24-11-7-14-34-24)25(22-9-5-6-10-23(22)28(31)33)27(32)29-12-8-13-30-17-20(3)15-21(4)18-30/h5-7,9-11,14,19-21,25-26H,8,12-13,15-18H2,1-4H3,(H,29,32)/t20-,21-,25+,26-/m1/s1. The van der Waals surface area contributed by atoms with Crippen molar-refractivity contribution in [2.24, 2.45) is 17.8 Å². The predicted molar refractivity (Wildman–Crippen MR) is 139 cm³/mol. The van der Waals surface area contributed by atoms with Crippen LogP contribution in [0.4, 0.5) is 0 Å². The van der Waals surface area contributed by atoms with Crippen LogP contribution in [0.15, 0.2) is 41.8 Å². The van der Waals surface area contributed by atoms with Crippen LogP contribution in [0.2, 0.25) is 0 Å². The minimum Gasteiger partial charge on any atom is -0.355 e. The Balaban J connectivity index is 1.52. The molecule has 1 aromatic heterocycles. The van der Waals surface area contributed by atoms with Gasteiger partial charge in [-0.3, -0.25) is 9.59 Å². The molecule has 0 spiro atoms. The van der Waals surface area contributed by atoms with Crippen LogP contribution in [-0.2, 0) is 4.79 Å². The Bertz CT molecular complexity index is 964. The first kappa shape index (κ1) is 24.9. The van der Waals surface area contributed by atoms with Gasteiger partial charge in [-0.25, -0.2) is 0 Å². The second-order valence-corrected chi connectivity index (χ2v) is 11.7. The van der Waals surface area contributed by atoms with Crippen LogP contribution in [-0.4, -0.2) is 54.3 Å². The molecular weight excluding hydrogens is 442 g/mol. The maximum absolute atomic E-state index is 13.7. The van der Waals surface area contributed by atoms with Crippen LogP contribution in [0.25, 0.3) is 0 Å². The third-order valence-electron chi connectivity index (χ3n) is 7.01. The molecule has 0 aliphatic carbocycles. The number of nitrogens with one attached hydrogen (secondary N) is 1. The Hall–Kier alpha value is -2.18. The number of likely N-dealkylation sites (tertiary alicyclic amines) is 1. The van der Waals surface area contributed by atoms with E-state index in [2.05, 4.69) is 44.0 Å². The lowest BCUT2D eigenvalue weighted by molar-refractivity contribution is -0.124. The molecule has 2 aliphatic heterocycles. The van der Waals surface area contributed by atoms with Crippen molar-refractivity contribution < 1.29 is 9.59 Å². The first-order chi connectivity index (χ1) is 16.3. The summed E-state index contributed by atoms with van der Waals surface area (Å²) < 4.78 is 0. The summed E-state index contributed by atoms with van der Waals surface area (Å²) in [5.74, 6) is 1.45. The SMILES string of the molecule is CC(C)CN1C(=O)c2ccccc2[C@H](C(=O)NCCCN2C[C@H](C)C[C@@H](C)C2)[C@H]1c1cccs1. The predicted octanol–water partition coefficient (Wildman–Crippen LogP) is 5.17. The molecular formula is C28H39N3O2S. The lowest BCUT2D eigenvalue weighted by atomic mass is 9.81. The van der Waals surface area contributed by atoms with E-state index < -0.39 is 5.92 Å². The van der Waals surface area contributed by atoms with Gasteiger partial charge in [-0.2, -0.15) is 0 Å². The van der Waals surface area contributed by atoms with Crippen molar-refractivity contribution >= 4 is 23.2 Å². The van der Waals surface area contributed by atoms with Crippen LogP contribution in [0.5, 0.6) is 0 Å². The van der Waals surface area contributed by atoms with Crippen LogP contribution in [0.3, 0.4) is 0 Å². The number of benzene rings is 1. The first-order valence-corrected chi connectivity index (χ1v) is 13.7. The summed E-state index contributed by atoms with van der Waals surface area (Å²) in [4.78, 5) is 32.7. The highest BCUT2D eigenvalue weighted by Crippen LogP contribution is 2.44. The van der Waals surface area contributed by atoms with E-state index in [0.717, 1.165) is 48.3 Å². The molecule has 0 radical (unpaired) electrons. The summed E-state index contributed by atoms with van der Waals surface area (Å²) in [6, 6.07) is 11.5. The number of nitrogens with zero attached hydrogens (tertiary/aromatic N) is 2. The Labute approximate surface area is 208 Å². The molecule has 0 saturated carbocycles. The van der Waals surface area contributed by atoms with Gasteiger partial charge in [0.1, 0.15) is 0 Å². The van der Waals surface area contributed by atoms with Gasteiger partial charge >= 0.3 is 0 Å². The Morgan fingerprint density at radius 1 is 1.12 bits per heavy atom. The fraction of sp³-hybridized carbons (Fsp3) is 0.571. The molecule has 2 aromatic rings. The number of rotatable bonds is 8. The largest absolute Gasteiger partial charge is 0.355 e. The summed E-state index contributed by atoms with van der Waals surface area (Å²) in [7, 11) is 0. The zero-order valence-electron chi connectivity index (χ0n) is 21.0. The minimum atomic E-state index is -0.402. The molecule has 2 amide bonds. The third kappa shape index (κ3) is 5.55. The first-order valence-electron chi connectivity index (χ1n) is 12.8. The summed E-state index contributed by atoms with van der Waals surface area (Å²) >= 11 is 1.63. The molecule has 1 fully saturated rings. The topological polar surface area (TPSA) is 52.7 Å². The van der Waals surface area contributed by atoms with Gasteiger partial charge in [0.2, 0.25) is 5.91 Å². The summed E-state index contributed by atoms with van der Waals surface area (Å²) in [6.45, 7) is 13.5. The fourth-order valence-electron chi connectivity index (χ4n) is 5.84. The van der Waals surface area contributed by atoms with Gasteiger partial charge in [0.25, 0.3) is 5.91 Å². The normalized spacial score (nSPS) is 25.4. The number of hydrogen-bond acceptors (Lipinski definition) is 4. The number of carbonyl (C=O) groups excluding carboxylic acids is 2. The molecule has 5 nitrogen and oxygen atoms in total. The van der Waals surface area contributed by atoms with E-state index in [-0.39, 0.29) is 17.9 Å². The van der Waals surface area contributed by atoms with Crippen LogP contribution < -0.4 is 5.32 Å². The number of carbonyl (C=O) groups is 2. The summed E-state index contributed by atoms with van der Waals surface area (Å²) in [6.07, 6.45) is 2.25. The summed E-state index contributed by atoms with van der Waals surface area (Å²) in [5.41, 5.74) is 1.51. The Morgan fingerprint density at radius 3 is 2.53 bits per heavy atom. The lowest BCUT2D eigenvalue weighted by Crippen LogP contribution is -2.48. The van der Waals surface area contributed by atoms with Crippen LogP contribution >= 0.6 is 11.3 Å². The van der Waals surface area contributed by atoms with Gasteiger partial charge in [0.05, 0.1) is 12.0 Å². The highest BCUT2D eigenvalue weighted by atomic mass is 32.1. The Kier molecular flexibility index (Phi) is 8.10. The molecule has 4 rings (SSSR count). The van der Waals surface area contributed by atoms with E-state index in [0.29, 0.717) is 24.6 Å². The van der Waals surface area contributed by atoms with E-state index in [9.17, 15) is 9.59 Å². The van der Waals surface area contributed by atoms with Crippen molar-refractivity contribution in [3.63, 3.8) is 0 Å². The van der Waals surface area contributed by atoms with Crippen molar-refractivity contribution in [3.8, 4) is 0 Å². The Morgan fingerprint density at radius 2 is 1.85 bits per heavy atom. The van der Waals surface area contributed by atoms with Gasteiger partial charge in [-0.15, -0.1) is 11.3 Å². The molecule has 2 aliphatic rings. The molecule has 0 bridgehead atoms.